The molecule has 0 bridgehead atoms. The third-order valence-corrected chi connectivity index (χ3v) is 10.7. The van der Waals surface area contributed by atoms with Gasteiger partial charge in [-0.1, -0.05) is 232 Å². The Morgan fingerprint density at radius 1 is 0.396 bits per heavy atom. The van der Waals surface area contributed by atoms with Gasteiger partial charge in [-0.15, -0.1) is 0 Å². The van der Waals surface area contributed by atoms with Crippen molar-refractivity contribution in [1.82, 2.24) is 4.90 Å². The maximum absolute atomic E-state index is 11.3. The van der Waals surface area contributed by atoms with Gasteiger partial charge in [-0.05, 0) is 32.9 Å². The van der Waals surface area contributed by atoms with E-state index in [1.807, 2.05) is 0 Å². The van der Waals surface area contributed by atoms with E-state index < -0.39 is 5.97 Å². The van der Waals surface area contributed by atoms with E-state index in [1.54, 1.807) is 0 Å². The van der Waals surface area contributed by atoms with Gasteiger partial charge in [0.25, 0.3) is 0 Å². The van der Waals surface area contributed by atoms with Gasteiger partial charge >= 0.3 is 29.6 Å². The maximum Gasteiger partial charge on any atom is 1.00 e. The third kappa shape index (κ3) is 40.9. The van der Waals surface area contributed by atoms with Crippen LogP contribution in [0.25, 0.3) is 0 Å². The van der Waals surface area contributed by atoms with Crippen LogP contribution < -0.4 is 34.7 Å². The van der Waals surface area contributed by atoms with Crippen LogP contribution in [0.15, 0.2) is 0 Å². The average molecular weight is 686 g/mol. The summed E-state index contributed by atoms with van der Waals surface area (Å²) in [6, 6.07) is 0.0941. The van der Waals surface area contributed by atoms with Crippen LogP contribution in [0.1, 0.15) is 258 Å². The molecule has 1 unspecified atom stereocenters. The van der Waals surface area contributed by atoms with Gasteiger partial charge in [0, 0.05) is 18.4 Å². The van der Waals surface area contributed by atoms with Crippen molar-refractivity contribution in [3.63, 3.8) is 0 Å². The molecule has 0 N–H and O–H groups in total. The minimum absolute atomic E-state index is 0. The Bertz CT molecular complexity index is 560. The largest absolute Gasteiger partial charge is 1.00 e. The zero-order valence-electron chi connectivity index (χ0n) is 33.9. The van der Waals surface area contributed by atoms with Crippen molar-refractivity contribution in [3.05, 3.63) is 0 Å². The first-order chi connectivity index (χ1) is 23.1. The van der Waals surface area contributed by atoms with Gasteiger partial charge in [-0.25, -0.2) is 0 Å². The van der Waals surface area contributed by atoms with E-state index in [9.17, 15) is 9.90 Å². The normalized spacial score (nSPS) is 12.1. The molecule has 0 spiro atoms. The molecule has 0 aliphatic heterocycles. The molecule has 1 atom stereocenters. The number of nitrogens with zero attached hydrogens (tertiary/aromatic N) is 1. The fourth-order valence-corrected chi connectivity index (χ4v) is 7.36. The van der Waals surface area contributed by atoms with Crippen molar-refractivity contribution >= 4 is 5.97 Å². The smallest absolute Gasteiger partial charge is 0.550 e. The van der Waals surface area contributed by atoms with Gasteiger partial charge in [0.05, 0.1) is 0 Å². The topological polar surface area (TPSA) is 43.4 Å². The molecular formula is C44H88NNaO2. The van der Waals surface area contributed by atoms with E-state index in [1.165, 1.54) is 231 Å². The molecule has 3 nitrogen and oxygen atoms in total. The Labute approximate surface area is 326 Å². The molecule has 0 aromatic carbocycles. The number of rotatable bonds is 41. The Morgan fingerprint density at radius 3 is 0.771 bits per heavy atom. The van der Waals surface area contributed by atoms with Crippen LogP contribution in [-0.2, 0) is 4.79 Å². The Balaban J connectivity index is 0. The van der Waals surface area contributed by atoms with Crippen LogP contribution >= 0.6 is 0 Å². The van der Waals surface area contributed by atoms with Crippen LogP contribution in [0.3, 0.4) is 0 Å². The number of carboxylic acids is 1. The van der Waals surface area contributed by atoms with Crippen molar-refractivity contribution in [1.29, 1.82) is 0 Å². The molecule has 48 heavy (non-hydrogen) atoms. The predicted octanol–water partition coefficient (Wildman–Crippen LogP) is 10.9. The van der Waals surface area contributed by atoms with E-state index in [0.717, 1.165) is 13.1 Å². The van der Waals surface area contributed by atoms with Crippen molar-refractivity contribution in [2.75, 3.05) is 13.1 Å². The summed E-state index contributed by atoms with van der Waals surface area (Å²) in [5, 5.41) is 11.3. The van der Waals surface area contributed by atoms with Gasteiger partial charge in [0.2, 0.25) is 0 Å². The number of unbranched alkanes of at least 4 members (excludes halogenated alkanes) is 34. The second-order valence-electron chi connectivity index (χ2n) is 15.5. The SMILES string of the molecule is CCCCCCCCCCCCCCCCCCCCN(CCCCCCCCCCCCCCCCCCCC)C(C)CC(=O)[O-].[Na+]. The number of hydrogen-bond acceptors (Lipinski definition) is 3. The fraction of sp³-hybridized carbons (Fsp3) is 0.977. The molecule has 282 valence electrons. The average Bonchev–Trinajstić information content (AvgIpc) is 3.05. The molecule has 4 heteroatoms. The number of carbonyl (C=O) groups is 1. The molecular weight excluding hydrogens is 597 g/mol. The van der Waals surface area contributed by atoms with Gasteiger partial charge in [0.1, 0.15) is 0 Å². The van der Waals surface area contributed by atoms with E-state index in [-0.39, 0.29) is 42.0 Å². The second kappa shape index (κ2) is 43.6. The molecule has 0 aliphatic carbocycles. The summed E-state index contributed by atoms with van der Waals surface area (Å²) >= 11 is 0. The second-order valence-corrected chi connectivity index (χ2v) is 15.5. The molecule has 0 amide bonds. The molecule has 0 aromatic rings. The molecule has 0 fully saturated rings. The summed E-state index contributed by atoms with van der Waals surface area (Å²) in [5.41, 5.74) is 0. The minimum atomic E-state index is -0.905. The monoisotopic (exact) mass is 686 g/mol. The van der Waals surface area contributed by atoms with Crippen LogP contribution in [0.5, 0.6) is 0 Å². The Kier molecular flexibility index (Phi) is 45.9. The first-order valence-corrected chi connectivity index (χ1v) is 22.1. The summed E-state index contributed by atoms with van der Waals surface area (Å²) in [5.74, 6) is -0.905. The van der Waals surface area contributed by atoms with E-state index in [4.69, 9.17) is 0 Å². The first kappa shape index (κ1) is 50.5. The molecule has 0 saturated heterocycles. The van der Waals surface area contributed by atoms with E-state index >= 15 is 0 Å². The molecule has 0 rings (SSSR count). The van der Waals surface area contributed by atoms with Crippen LogP contribution in [0.2, 0.25) is 0 Å². The number of carbonyl (C=O) groups excluding carboxylic acids is 1. The predicted molar refractivity (Wildman–Crippen MR) is 208 cm³/mol. The summed E-state index contributed by atoms with van der Waals surface area (Å²) in [4.78, 5) is 13.7. The maximum atomic E-state index is 11.3. The van der Waals surface area contributed by atoms with Gasteiger partial charge < -0.3 is 14.8 Å². The van der Waals surface area contributed by atoms with Crippen molar-refractivity contribution in [2.45, 2.75) is 264 Å². The molecule has 0 heterocycles. The quantitative estimate of drug-likeness (QED) is 0.0475. The van der Waals surface area contributed by atoms with Crippen LogP contribution in [0, 0.1) is 0 Å². The van der Waals surface area contributed by atoms with Gasteiger partial charge in [-0.3, -0.25) is 0 Å². The van der Waals surface area contributed by atoms with Crippen molar-refractivity contribution < 1.29 is 39.5 Å². The third-order valence-electron chi connectivity index (χ3n) is 10.7. The van der Waals surface area contributed by atoms with Crippen LogP contribution in [0.4, 0.5) is 0 Å². The summed E-state index contributed by atoms with van der Waals surface area (Å²) in [7, 11) is 0. The van der Waals surface area contributed by atoms with Gasteiger partial charge in [0.15, 0.2) is 0 Å². The standard InChI is InChI=1S/C44H89NO2.Na/c1-4-6-8-10-12-14-16-18-20-22-24-26-28-30-32-34-36-38-40-45(43(3)42-44(46)47)41-39-37-35-33-31-29-27-25-23-21-19-17-15-13-11-9-7-5-2;/h43H,4-42H2,1-3H3,(H,46,47);/q;+1/p-1. The molecule has 0 radical (unpaired) electrons. The summed E-state index contributed by atoms with van der Waals surface area (Å²) < 4.78 is 0. The number of aliphatic carboxylic acids is 1. The fourth-order valence-electron chi connectivity index (χ4n) is 7.36. The number of carboxylic acid groups (broad SMARTS) is 1. The zero-order chi connectivity index (χ0) is 34.3. The number of hydrogen-bond donors (Lipinski definition) is 0. The first-order valence-electron chi connectivity index (χ1n) is 22.1. The minimum Gasteiger partial charge on any atom is -0.550 e. The summed E-state index contributed by atoms with van der Waals surface area (Å²) in [6.07, 6.45) is 50.6. The molecule has 0 aliphatic rings. The van der Waals surface area contributed by atoms with Crippen molar-refractivity contribution in [3.8, 4) is 0 Å². The van der Waals surface area contributed by atoms with Gasteiger partial charge in [-0.2, -0.15) is 0 Å². The van der Waals surface area contributed by atoms with E-state index in [0.29, 0.717) is 0 Å². The molecule has 0 saturated carbocycles. The zero-order valence-corrected chi connectivity index (χ0v) is 35.9. The van der Waals surface area contributed by atoms with E-state index in [2.05, 4.69) is 25.7 Å². The summed E-state index contributed by atoms with van der Waals surface area (Å²) in [6.45, 7) is 8.77. The Morgan fingerprint density at radius 2 is 0.583 bits per heavy atom. The Hall–Kier alpha value is 0.430. The molecule has 0 aromatic heterocycles. The van der Waals surface area contributed by atoms with Crippen molar-refractivity contribution in [2.24, 2.45) is 0 Å². The van der Waals surface area contributed by atoms with Crippen LogP contribution in [-0.4, -0.2) is 30.0 Å².